The van der Waals surface area contributed by atoms with Gasteiger partial charge in [-0.25, -0.2) is 32.1 Å². The fourth-order valence-electron chi connectivity index (χ4n) is 3.92. The van der Waals surface area contributed by atoms with Gasteiger partial charge in [-0.15, -0.1) is 12.3 Å². The molecule has 3 aromatic carbocycles. The van der Waals surface area contributed by atoms with Gasteiger partial charge in [-0.05, 0) is 48.6 Å². The van der Waals surface area contributed by atoms with Gasteiger partial charge in [0.1, 0.15) is 11.3 Å². The molecule has 3 N–H and O–H groups in total. The molecule has 0 fully saturated rings. The van der Waals surface area contributed by atoms with Crippen LogP contribution in [0.4, 0.5) is 30.7 Å². The zero-order chi connectivity index (χ0) is 30.6. The van der Waals surface area contributed by atoms with Gasteiger partial charge in [0.25, 0.3) is 0 Å². The number of rotatable bonds is 6. The molecule has 0 unspecified atom stereocenters. The van der Waals surface area contributed by atoms with Crippen LogP contribution < -0.4 is 0 Å². The molecular weight excluding hydrogens is 561 g/mol. The molecule has 4 aromatic rings. The first-order valence-electron chi connectivity index (χ1n) is 11.6. The molecule has 214 valence electrons. The summed E-state index contributed by atoms with van der Waals surface area (Å²) < 4.78 is 92.1. The number of imidazole rings is 1. The molecule has 6 nitrogen and oxygen atoms in total. The number of hydrogen-bond acceptors (Lipinski definition) is 3. The highest BCUT2D eigenvalue weighted by Gasteiger charge is 2.38. The lowest BCUT2D eigenvalue weighted by atomic mass is 9.95. The van der Waals surface area contributed by atoms with E-state index in [4.69, 9.17) is 16.3 Å². The minimum atomic E-state index is -5.08. The summed E-state index contributed by atoms with van der Waals surface area (Å²) in [5.74, 6) is -7.68. The average Bonchev–Trinajstić information content (AvgIpc) is 3.28. The number of terminal acetylenes is 1. The molecule has 0 saturated carbocycles. The second-order valence-electron chi connectivity index (χ2n) is 8.61. The predicted molar refractivity (Wildman–Crippen MR) is 134 cm³/mol. The second-order valence-corrected chi connectivity index (χ2v) is 8.61. The summed E-state index contributed by atoms with van der Waals surface area (Å²) in [4.78, 5) is 27.4. The smallest absolute Gasteiger partial charge is 0.478 e. The Kier molecular flexibility index (Phi) is 9.07. The number of aromatic carboxylic acids is 1. The molecule has 0 aliphatic carbocycles. The summed E-state index contributed by atoms with van der Waals surface area (Å²) in [5, 5.41) is 16.6. The zero-order valence-electron chi connectivity index (χ0n) is 21.0. The van der Waals surface area contributed by atoms with E-state index in [0.717, 1.165) is 18.1 Å². The Bertz CT molecular complexity index is 1640. The van der Waals surface area contributed by atoms with Crippen molar-refractivity contribution < 1.29 is 50.5 Å². The highest BCUT2D eigenvalue weighted by molar-refractivity contribution is 6.03. The van der Waals surface area contributed by atoms with Gasteiger partial charge in [-0.2, -0.15) is 13.2 Å². The van der Waals surface area contributed by atoms with Crippen molar-refractivity contribution in [3.05, 3.63) is 76.6 Å². The van der Waals surface area contributed by atoms with E-state index in [9.17, 15) is 23.1 Å². The molecule has 0 aliphatic rings. The van der Waals surface area contributed by atoms with Gasteiger partial charge in [0.2, 0.25) is 0 Å². The maximum atomic E-state index is 15.1. The summed E-state index contributed by atoms with van der Waals surface area (Å²) in [7, 11) is 0. The van der Waals surface area contributed by atoms with Crippen molar-refractivity contribution in [3.63, 3.8) is 0 Å². The normalized spacial score (nSPS) is 11.1. The number of unbranched alkanes of at least 4 members (excludes halogenated alkanes) is 1. The molecule has 4 rings (SSSR count). The minimum absolute atomic E-state index is 0.0362. The molecule has 0 bridgehead atoms. The van der Waals surface area contributed by atoms with E-state index in [2.05, 4.69) is 15.9 Å². The van der Waals surface area contributed by atoms with Crippen molar-refractivity contribution in [3.8, 4) is 34.6 Å². The first kappa shape index (κ1) is 30.7. The number of nitrogens with zero attached hydrogens (tertiary/aromatic N) is 1. The van der Waals surface area contributed by atoms with E-state index in [-0.39, 0.29) is 27.7 Å². The highest BCUT2D eigenvalue weighted by Crippen LogP contribution is 2.38. The SMILES string of the molecule is C#CCCCc1ccc(-c2c(F)c(F)c(-c3cc(C(=O)O)c4nc(C)[nH]c4c3)c(F)c2F)cc1.O=C(O)C(F)(F)F. The van der Waals surface area contributed by atoms with Crippen molar-refractivity contribution in [2.75, 3.05) is 0 Å². The minimum Gasteiger partial charge on any atom is -0.478 e. The molecule has 0 spiro atoms. The molecule has 0 atom stereocenters. The van der Waals surface area contributed by atoms with E-state index in [1.807, 2.05) is 0 Å². The largest absolute Gasteiger partial charge is 0.490 e. The Labute approximate surface area is 227 Å². The number of carboxylic acid groups (broad SMARTS) is 2. The third kappa shape index (κ3) is 6.66. The molecule has 1 aromatic heterocycles. The number of carboxylic acids is 2. The number of carbonyl (C=O) groups is 2. The number of aliphatic carboxylic acids is 1. The summed E-state index contributed by atoms with van der Waals surface area (Å²) >= 11 is 0. The van der Waals surface area contributed by atoms with Crippen molar-refractivity contribution in [2.45, 2.75) is 32.4 Å². The molecule has 13 heteroatoms. The number of aryl methyl sites for hydroxylation is 2. The number of nitrogens with one attached hydrogen (secondary N) is 1. The van der Waals surface area contributed by atoms with Crippen LogP contribution in [-0.4, -0.2) is 38.3 Å². The van der Waals surface area contributed by atoms with Crippen LogP contribution in [0.2, 0.25) is 0 Å². The molecule has 1 heterocycles. The average molecular weight is 580 g/mol. The lowest BCUT2D eigenvalue weighted by Crippen LogP contribution is -2.21. The van der Waals surface area contributed by atoms with Crippen LogP contribution in [-0.2, 0) is 11.2 Å². The first-order valence-corrected chi connectivity index (χ1v) is 11.6. The van der Waals surface area contributed by atoms with Crippen LogP contribution in [0.15, 0.2) is 36.4 Å². The number of halogens is 7. The van der Waals surface area contributed by atoms with Crippen LogP contribution in [0.3, 0.4) is 0 Å². The van der Waals surface area contributed by atoms with Gasteiger partial charge in [-0.3, -0.25) is 0 Å². The van der Waals surface area contributed by atoms with Crippen molar-refractivity contribution >= 4 is 23.0 Å². The molecular formula is C28H19F7N2O4. The number of aromatic nitrogens is 2. The summed E-state index contributed by atoms with van der Waals surface area (Å²) in [5.41, 5.74) is -1.48. The summed E-state index contributed by atoms with van der Waals surface area (Å²) in [6.07, 6.45) is 2.10. The lowest BCUT2D eigenvalue weighted by molar-refractivity contribution is -0.192. The fraction of sp³-hybridized carbons (Fsp3) is 0.179. The monoisotopic (exact) mass is 580 g/mol. The number of benzene rings is 3. The Morgan fingerprint density at radius 1 is 0.927 bits per heavy atom. The number of hydrogen-bond donors (Lipinski definition) is 3. The summed E-state index contributed by atoms with van der Waals surface area (Å²) in [6.45, 7) is 1.57. The third-order valence-corrected chi connectivity index (χ3v) is 5.76. The second kappa shape index (κ2) is 12.1. The van der Waals surface area contributed by atoms with E-state index in [1.54, 1.807) is 19.1 Å². The van der Waals surface area contributed by atoms with Crippen LogP contribution in [0.25, 0.3) is 33.3 Å². The standard InChI is InChI=1S/C26H18F4N2O2.C2HF3O2/c1-3-4-5-6-14-7-9-15(10-8-14)19-21(27)23(29)20(24(30)22(19)28)16-11-17(26(33)34)25-18(12-16)31-13(2)32-25;3-2(4,5)1(6)7/h1,7-12H,4-6H2,2H3,(H,31,32)(H,33,34);(H,6,7). The van der Waals surface area contributed by atoms with Crippen LogP contribution in [0.1, 0.15) is 34.6 Å². The predicted octanol–water partition coefficient (Wildman–Crippen LogP) is 7.05. The Morgan fingerprint density at radius 3 is 1.90 bits per heavy atom. The van der Waals surface area contributed by atoms with Crippen LogP contribution >= 0.6 is 0 Å². The van der Waals surface area contributed by atoms with E-state index < -0.39 is 52.5 Å². The van der Waals surface area contributed by atoms with Crippen LogP contribution in [0, 0.1) is 42.5 Å². The lowest BCUT2D eigenvalue weighted by Gasteiger charge is -2.13. The van der Waals surface area contributed by atoms with E-state index >= 15 is 17.6 Å². The molecule has 0 aliphatic heterocycles. The van der Waals surface area contributed by atoms with Gasteiger partial charge in [0, 0.05) is 6.42 Å². The zero-order valence-corrected chi connectivity index (χ0v) is 21.0. The van der Waals surface area contributed by atoms with Gasteiger partial charge in [0.05, 0.1) is 22.2 Å². The number of H-pyrrole nitrogens is 1. The maximum absolute atomic E-state index is 15.1. The van der Waals surface area contributed by atoms with Gasteiger partial charge in [-0.1, -0.05) is 24.3 Å². The van der Waals surface area contributed by atoms with Gasteiger partial charge in [0.15, 0.2) is 23.3 Å². The highest BCUT2D eigenvalue weighted by atomic mass is 19.4. The van der Waals surface area contributed by atoms with Crippen molar-refractivity contribution in [1.29, 1.82) is 0 Å². The molecule has 41 heavy (non-hydrogen) atoms. The molecule has 0 radical (unpaired) electrons. The maximum Gasteiger partial charge on any atom is 0.490 e. The number of alkyl halides is 3. The van der Waals surface area contributed by atoms with Gasteiger partial charge >= 0.3 is 18.1 Å². The van der Waals surface area contributed by atoms with Crippen LogP contribution in [0.5, 0.6) is 0 Å². The third-order valence-electron chi connectivity index (χ3n) is 5.76. The number of fused-ring (bicyclic) bond motifs is 1. The van der Waals surface area contributed by atoms with E-state index in [1.165, 1.54) is 18.2 Å². The van der Waals surface area contributed by atoms with Crippen molar-refractivity contribution in [1.82, 2.24) is 9.97 Å². The first-order chi connectivity index (χ1) is 19.2. The quantitative estimate of drug-likeness (QED) is 0.0982. The molecule has 0 saturated heterocycles. The Hall–Kier alpha value is -4.86. The summed E-state index contributed by atoms with van der Waals surface area (Å²) in [6, 6.07) is 8.13. The van der Waals surface area contributed by atoms with Crippen molar-refractivity contribution in [2.24, 2.45) is 0 Å². The fourth-order valence-corrected chi connectivity index (χ4v) is 3.92. The van der Waals surface area contributed by atoms with Gasteiger partial charge < -0.3 is 15.2 Å². The van der Waals surface area contributed by atoms with E-state index in [0.29, 0.717) is 18.7 Å². The number of aromatic amines is 1. The molecule has 0 amide bonds. The Balaban J connectivity index is 0.000000587. The Morgan fingerprint density at radius 2 is 1.44 bits per heavy atom. The topological polar surface area (TPSA) is 103 Å².